The molecule has 4 aromatic rings. The van der Waals surface area contributed by atoms with E-state index in [0.717, 1.165) is 16.6 Å². The molecule has 134 valence electrons. The first kappa shape index (κ1) is 17.0. The van der Waals surface area contributed by atoms with Gasteiger partial charge in [-0.2, -0.15) is 0 Å². The Morgan fingerprint density at radius 2 is 1.85 bits per heavy atom. The molecule has 0 radical (unpaired) electrons. The number of thiazole rings is 1. The molecule has 4 rings (SSSR count). The smallest absolute Gasteiger partial charge is 0.374 e. The molecule has 0 aliphatic rings. The standard InChI is InChI=1S/C20H14N2O4S/c23-18(22-20-21-15(12-27-20)13-6-2-1-3-7-13)11-25-19(24)17-10-14-8-4-5-9-16(14)26-17/h1-10,12H,11H2,(H,21,22,23). The van der Waals surface area contributed by atoms with E-state index in [2.05, 4.69) is 10.3 Å². The van der Waals surface area contributed by atoms with Gasteiger partial charge in [0.05, 0.1) is 5.69 Å². The van der Waals surface area contributed by atoms with Crippen molar-refractivity contribution in [2.24, 2.45) is 0 Å². The van der Waals surface area contributed by atoms with Crippen LogP contribution >= 0.6 is 11.3 Å². The largest absolute Gasteiger partial charge is 0.450 e. The predicted molar refractivity (Wildman–Crippen MR) is 103 cm³/mol. The zero-order chi connectivity index (χ0) is 18.6. The van der Waals surface area contributed by atoms with E-state index in [1.807, 2.05) is 53.9 Å². The van der Waals surface area contributed by atoms with Gasteiger partial charge in [0.1, 0.15) is 5.58 Å². The van der Waals surface area contributed by atoms with Gasteiger partial charge >= 0.3 is 5.97 Å². The van der Waals surface area contributed by atoms with Crippen LogP contribution in [0.25, 0.3) is 22.2 Å². The van der Waals surface area contributed by atoms with Crippen molar-refractivity contribution in [3.63, 3.8) is 0 Å². The summed E-state index contributed by atoms with van der Waals surface area (Å²) in [4.78, 5) is 28.4. The number of anilines is 1. The maximum Gasteiger partial charge on any atom is 0.374 e. The van der Waals surface area contributed by atoms with E-state index in [0.29, 0.717) is 10.7 Å². The van der Waals surface area contributed by atoms with Crippen molar-refractivity contribution in [2.75, 3.05) is 11.9 Å². The molecule has 6 nitrogen and oxygen atoms in total. The Hall–Kier alpha value is -3.45. The summed E-state index contributed by atoms with van der Waals surface area (Å²) < 4.78 is 10.4. The molecular formula is C20H14N2O4S. The third kappa shape index (κ3) is 3.88. The summed E-state index contributed by atoms with van der Waals surface area (Å²) in [6, 6.07) is 18.5. The van der Waals surface area contributed by atoms with E-state index < -0.39 is 18.5 Å². The van der Waals surface area contributed by atoms with E-state index >= 15 is 0 Å². The van der Waals surface area contributed by atoms with Crippen LogP contribution in [0.4, 0.5) is 5.13 Å². The Morgan fingerprint density at radius 1 is 1.07 bits per heavy atom. The second-order valence-electron chi connectivity index (χ2n) is 5.68. The first-order valence-electron chi connectivity index (χ1n) is 8.15. The fourth-order valence-electron chi connectivity index (χ4n) is 2.51. The van der Waals surface area contributed by atoms with E-state index in [1.54, 1.807) is 12.1 Å². The molecule has 0 fully saturated rings. The third-order valence-electron chi connectivity index (χ3n) is 3.78. The topological polar surface area (TPSA) is 81.4 Å². The van der Waals surface area contributed by atoms with Crippen LogP contribution < -0.4 is 5.32 Å². The minimum atomic E-state index is -0.689. The lowest BCUT2D eigenvalue weighted by atomic mass is 10.2. The average Bonchev–Trinajstić information content (AvgIpc) is 3.33. The number of hydrogen-bond donors (Lipinski definition) is 1. The molecule has 2 aromatic heterocycles. The number of furan rings is 1. The summed E-state index contributed by atoms with van der Waals surface area (Å²) in [6.45, 7) is -0.421. The number of ether oxygens (including phenoxy) is 1. The van der Waals surface area contributed by atoms with Gasteiger partial charge < -0.3 is 9.15 Å². The van der Waals surface area contributed by atoms with Crippen molar-refractivity contribution in [3.8, 4) is 11.3 Å². The molecule has 0 saturated carbocycles. The number of carbonyl (C=O) groups excluding carboxylic acids is 2. The first-order chi connectivity index (χ1) is 13.2. The highest BCUT2D eigenvalue weighted by Gasteiger charge is 2.16. The Bertz CT molecular complexity index is 1070. The zero-order valence-electron chi connectivity index (χ0n) is 14.0. The van der Waals surface area contributed by atoms with Crippen molar-refractivity contribution in [1.82, 2.24) is 4.98 Å². The average molecular weight is 378 g/mol. The van der Waals surface area contributed by atoms with Gasteiger partial charge in [-0.05, 0) is 12.1 Å². The van der Waals surface area contributed by atoms with Gasteiger partial charge in [0.2, 0.25) is 5.76 Å². The molecule has 1 amide bonds. The summed E-state index contributed by atoms with van der Waals surface area (Å²) in [6.07, 6.45) is 0. The van der Waals surface area contributed by atoms with Crippen LogP contribution in [0.2, 0.25) is 0 Å². The second kappa shape index (κ2) is 7.43. The molecule has 0 spiro atoms. The quantitative estimate of drug-likeness (QED) is 0.522. The molecule has 0 aliphatic heterocycles. The number of fused-ring (bicyclic) bond motifs is 1. The van der Waals surface area contributed by atoms with E-state index in [1.165, 1.54) is 11.3 Å². The van der Waals surface area contributed by atoms with Crippen LogP contribution in [-0.2, 0) is 9.53 Å². The lowest BCUT2D eigenvalue weighted by molar-refractivity contribution is -0.119. The SMILES string of the molecule is O=C(COC(=O)c1cc2ccccc2o1)Nc1nc(-c2ccccc2)cs1. The van der Waals surface area contributed by atoms with Crippen molar-refractivity contribution in [3.05, 3.63) is 71.8 Å². The normalized spacial score (nSPS) is 10.7. The van der Waals surface area contributed by atoms with Gasteiger partial charge in [-0.3, -0.25) is 10.1 Å². The van der Waals surface area contributed by atoms with Crippen molar-refractivity contribution in [1.29, 1.82) is 0 Å². The fraction of sp³-hybridized carbons (Fsp3) is 0.0500. The molecule has 7 heteroatoms. The molecule has 0 atom stereocenters. The lowest BCUT2D eigenvalue weighted by Gasteiger charge is -2.02. The van der Waals surface area contributed by atoms with Crippen LogP contribution in [-0.4, -0.2) is 23.5 Å². The number of nitrogens with zero attached hydrogens (tertiary/aromatic N) is 1. The molecular weight excluding hydrogens is 364 g/mol. The van der Waals surface area contributed by atoms with Crippen LogP contribution in [0, 0.1) is 0 Å². The monoisotopic (exact) mass is 378 g/mol. The third-order valence-corrected chi connectivity index (χ3v) is 4.54. The summed E-state index contributed by atoms with van der Waals surface area (Å²) in [5.41, 5.74) is 2.32. The second-order valence-corrected chi connectivity index (χ2v) is 6.53. The number of benzene rings is 2. The highest BCUT2D eigenvalue weighted by atomic mass is 32.1. The number of nitrogens with one attached hydrogen (secondary N) is 1. The number of carbonyl (C=O) groups is 2. The van der Waals surface area contributed by atoms with Crippen LogP contribution in [0.15, 0.2) is 70.5 Å². The molecule has 0 bridgehead atoms. The van der Waals surface area contributed by atoms with Gasteiger partial charge in [-0.25, -0.2) is 9.78 Å². The first-order valence-corrected chi connectivity index (χ1v) is 9.03. The number of aromatic nitrogens is 1. The number of para-hydroxylation sites is 1. The Labute approximate surface area is 158 Å². The molecule has 0 aliphatic carbocycles. The van der Waals surface area contributed by atoms with Gasteiger partial charge in [0, 0.05) is 16.3 Å². The van der Waals surface area contributed by atoms with Crippen LogP contribution in [0.3, 0.4) is 0 Å². The summed E-state index contributed by atoms with van der Waals surface area (Å²) in [5.74, 6) is -1.09. The molecule has 1 N–H and O–H groups in total. The minimum absolute atomic E-state index is 0.0598. The number of hydrogen-bond acceptors (Lipinski definition) is 6. The molecule has 0 unspecified atom stereocenters. The zero-order valence-corrected chi connectivity index (χ0v) is 14.9. The van der Waals surface area contributed by atoms with Crippen molar-refractivity contribution >= 4 is 39.3 Å². The Kier molecular flexibility index (Phi) is 4.67. The van der Waals surface area contributed by atoms with Crippen molar-refractivity contribution < 1.29 is 18.7 Å². The lowest BCUT2D eigenvalue weighted by Crippen LogP contribution is -2.20. The minimum Gasteiger partial charge on any atom is -0.450 e. The predicted octanol–water partition coefficient (Wildman–Crippen LogP) is 4.35. The van der Waals surface area contributed by atoms with Crippen LogP contribution in [0.5, 0.6) is 0 Å². The van der Waals surface area contributed by atoms with Gasteiger partial charge in [0.15, 0.2) is 11.7 Å². The molecule has 2 heterocycles. The number of amides is 1. The van der Waals surface area contributed by atoms with E-state index in [-0.39, 0.29) is 5.76 Å². The highest BCUT2D eigenvalue weighted by Crippen LogP contribution is 2.24. The van der Waals surface area contributed by atoms with E-state index in [9.17, 15) is 9.59 Å². The molecule has 0 saturated heterocycles. The molecule has 27 heavy (non-hydrogen) atoms. The number of esters is 1. The molecule has 2 aromatic carbocycles. The van der Waals surface area contributed by atoms with Gasteiger partial charge in [0.25, 0.3) is 5.91 Å². The Balaban J connectivity index is 1.34. The number of rotatable bonds is 5. The summed E-state index contributed by atoms with van der Waals surface area (Å²) in [5, 5.41) is 5.72. The van der Waals surface area contributed by atoms with Gasteiger partial charge in [-0.15, -0.1) is 11.3 Å². The summed E-state index contributed by atoms with van der Waals surface area (Å²) in [7, 11) is 0. The van der Waals surface area contributed by atoms with Gasteiger partial charge in [-0.1, -0.05) is 48.5 Å². The van der Waals surface area contributed by atoms with Crippen molar-refractivity contribution in [2.45, 2.75) is 0 Å². The maximum atomic E-state index is 12.1. The van der Waals surface area contributed by atoms with Crippen LogP contribution in [0.1, 0.15) is 10.6 Å². The highest BCUT2D eigenvalue weighted by molar-refractivity contribution is 7.14. The maximum absolute atomic E-state index is 12.1. The Morgan fingerprint density at radius 3 is 2.67 bits per heavy atom. The summed E-state index contributed by atoms with van der Waals surface area (Å²) >= 11 is 1.30. The van der Waals surface area contributed by atoms with E-state index in [4.69, 9.17) is 9.15 Å². The fourth-order valence-corrected chi connectivity index (χ4v) is 3.25.